The number of likely N-dealkylation sites (N-methyl/N-ethyl adjacent to an activating group) is 1. The van der Waals surface area contributed by atoms with Gasteiger partial charge in [0.2, 0.25) is 0 Å². The highest BCUT2D eigenvalue weighted by atomic mass is 32.1. The van der Waals surface area contributed by atoms with E-state index in [0.29, 0.717) is 6.54 Å². The van der Waals surface area contributed by atoms with Gasteiger partial charge in [0, 0.05) is 10.9 Å². The molecule has 0 spiro atoms. The van der Waals surface area contributed by atoms with Crippen molar-refractivity contribution in [2.24, 2.45) is 0 Å². The van der Waals surface area contributed by atoms with Crippen molar-refractivity contribution in [3.8, 4) is 0 Å². The largest absolute Gasteiger partial charge is 0.349 e. The second kappa shape index (κ2) is 10.2. The minimum absolute atomic E-state index is 0.0667. The van der Waals surface area contributed by atoms with Gasteiger partial charge in [0.05, 0.1) is 12.6 Å². The van der Waals surface area contributed by atoms with Gasteiger partial charge in [0.1, 0.15) is 5.82 Å². The lowest BCUT2D eigenvalue weighted by molar-refractivity contribution is -0.881. The fourth-order valence-corrected chi connectivity index (χ4v) is 3.58. The van der Waals surface area contributed by atoms with Gasteiger partial charge >= 0.3 is 0 Å². The zero-order chi connectivity index (χ0) is 19.8. The molecule has 2 aromatic rings. The summed E-state index contributed by atoms with van der Waals surface area (Å²) >= 11 is 1.53. The topological polar surface area (TPSA) is 62.6 Å². The van der Waals surface area contributed by atoms with Gasteiger partial charge in [-0.1, -0.05) is 18.2 Å². The van der Waals surface area contributed by atoms with E-state index in [1.807, 2.05) is 38.3 Å². The van der Waals surface area contributed by atoms with Crippen LogP contribution in [0.1, 0.15) is 37.3 Å². The lowest BCUT2D eigenvalue weighted by Crippen LogP contribution is -3.14. The molecule has 7 heteroatoms. The van der Waals surface area contributed by atoms with Crippen LogP contribution >= 0.6 is 11.3 Å². The molecule has 146 valence electrons. The van der Waals surface area contributed by atoms with E-state index in [-0.39, 0.29) is 42.8 Å². The van der Waals surface area contributed by atoms with E-state index in [9.17, 15) is 14.0 Å². The summed E-state index contributed by atoms with van der Waals surface area (Å²) in [6.07, 6.45) is 0. The van der Waals surface area contributed by atoms with Crippen LogP contribution in [0.2, 0.25) is 0 Å². The van der Waals surface area contributed by atoms with Gasteiger partial charge in [-0.05, 0) is 49.9 Å². The number of thiophene rings is 1. The standard InChI is InChI=1S/C20H26FN3O2S/c1-4-24(12-18(25)22-14(2)3)13-19(26)23-20(17-6-5-11-27-17)15-7-9-16(21)10-8-15/h5-11,14,20H,4,12-13H2,1-3H3,(H,22,25)(H,23,26)/p+1/t20-/m0/s1. The van der Waals surface area contributed by atoms with Crippen molar-refractivity contribution < 1.29 is 18.9 Å². The first-order valence-corrected chi connectivity index (χ1v) is 9.98. The van der Waals surface area contributed by atoms with Crippen LogP contribution in [0.5, 0.6) is 0 Å². The maximum Gasteiger partial charge on any atom is 0.275 e. The number of amides is 2. The summed E-state index contributed by atoms with van der Waals surface area (Å²) in [5, 5.41) is 7.82. The van der Waals surface area contributed by atoms with E-state index in [1.54, 1.807) is 12.1 Å². The molecule has 3 N–H and O–H groups in total. The van der Waals surface area contributed by atoms with Crippen molar-refractivity contribution in [1.82, 2.24) is 10.6 Å². The Morgan fingerprint density at radius 1 is 1.07 bits per heavy atom. The molecular weight excluding hydrogens is 365 g/mol. The normalized spacial score (nSPS) is 13.2. The fraction of sp³-hybridized carbons (Fsp3) is 0.400. The summed E-state index contributed by atoms with van der Waals surface area (Å²) in [6, 6.07) is 9.75. The van der Waals surface area contributed by atoms with E-state index in [2.05, 4.69) is 10.6 Å². The molecule has 1 unspecified atom stereocenters. The molecule has 2 rings (SSSR count). The number of hydrogen-bond donors (Lipinski definition) is 3. The Bertz CT molecular complexity index is 732. The molecular formula is C20H27FN3O2S+. The summed E-state index contributed by atoms with van der Waals surface area (Å²) in [7, 11) is 0. The van der Waals surface area contributed by atoms with Crippen molar-refractivity contribution in [3.63, 3.8) is 0 Å². The van der Waals surface area contributed by atoms with E-state index in [0.717, 1.165) is 15.3 Å². The molecule has 0 aliphatic rings. The third-order valence-electron chi connectivity index (χ3n) is 4.11. The zero-order valence-corrected chi connectivity index (χ0v) is 16.7. The molecule has 0 fully saturated rings. The molecule has 0 aliphatic heterocycles. The van der Waals surface area contributed by atoms with Crippen molar-refractivity contribution >= 4 is 23.2 Å². The van der Waals surface area contributed by atoms with Crippen LogP contribution in [0.3, 0.4) is 0 Å². The average molecular weight is 393 g/mol. The molecule has 2 amide bonds. The first kappa shape index (κ1) is 21.1. The van der Waals surface area contributed by atoms with Crippen LogP contribution in [-0.4, -0.2) is 37.5 Å². The van der Waals surface area contributed by atoms with Crippen LogP contribution in [0.15, 0.2) is 41.8 Å². The van der Waals surface area contributed by atoms with Gasteiger partial charge in [-0.25, -0.2) is 4.39 Å². The van der Waals surface area contributed by atoms with Crippen LogP contribution in [0.25, 0.3) is 0 Å². The summed E-state index contributed by atoms with van der Waals surface area (Å²) in [4.78, 5) is 26.5. The number of halogens is 1. The van der Waals surface area contributed by atoms with E-state index < -0.39 is 0 Å². The van der Waals surface area contributed by atoms with Crippen LogP contribution in [-0.2, 0) is 9.59 Å². The number of quaternary nitrogens is 1. The van der Waals surface area contributed by atoms with E-state index in [4.69, 9.17) is 0 Å². The number of hydrogen-bond acceptors (Lipinski definition) is 3. The Balaban J connectivity index is 2.04. The van der Waals surface area contributed by atoms with Gasteiger partial charge in [0.25, 0.3) is 11.8 Å². The monoisotopic (exact) mass is 392 g/mol. The fourth-order valence-electron chi connectivity index (χ4n) is 2.78. The molecule has 2 atom stereocenters. The minimum atomic E-state index is -0.333. The highest BCUT2D eigenvalue weighted by Gasteiger charge is 2.22. The van der Waals surface area contributed by atoms with Gasteiger partial charge in [-0.3, -0.25) is 9.59 Å². The van der Waals surface area contributed by atoms with E-state index in [1.165, 1.54) is 23.5 Å². The van der Waals surface area contributed by atoms with Gasteiger partial charge in [0.15, 0.2) is 13.1 Å². The minimum Gasteiger partial charge on any atom is -0.349 e. The van der Waals surface area contributed by atoms with E-state index >= 15 is 0 Å². The number of benzene rings is 1. The molecule has 0 saturated heterocycles. The third kappa shape index (κ3) is 6.77. The van der Waals surface area contributed by atoms with Crippen LogP contribution in [0.4, 0.5) is 4.39 Å². The number of rotatable bonds is 9. The second-order valence-electron chi connectivity index (χ2n) is 6.75. The maximum atomic E-state index is 13.3. The summed E-state index contributed by atoms with van der Waals surface area (Å²) < 4.78 is 13.3. The lowest BCUT2D eigenvalue weighted by atomic mass is 10.1. The predicted octanol–water partition coefficient (Wildman–Crippen LogP) is 1.52. The van der Waals surface area contributed by atoms with Gasteiger partial charge < -0.3 is 15.5 Å². The number of carbonyl (C=O) groups excluding carboxylic acids is 2. The molecule has 27 heavy (non-hydrogen) atoms. The van der Waals surface area contributed by atoms with Crippen LogP contribution in [0, 0.1) is 5.82 Å². The smallest absolute Gasteiger partial charge is 0.275 e. The Hall–Kier alpha value is -2.25. The molecule has 0 bridgehead atoms. The van der Waals surface area contributed by atoms with Crippen LogP contribution < -0.4 is 15.5 Å². The molecule has 0 radical (unpaired) electrons. The van der Waals surface area contributed by atoms with Crippen molar-refractivity contribution in [3.05, 3.63) is 58.0 Å². The van der Waals surface area contributed by atoms with Gasteiger partial charge in [-0.2, -0.15) is 0 Å². The first-order valence-electron chi connectivity index (χ1n) is 9.10. The molecule has 1 heterocycles. The predicted molar refractivity (Wildman–Crippen MR) is 105 cm³/mol. The lowest BCUT2D eigenvalue weighted by Gasteiger charge is -2.21. The van der Waals surface area contributed by atoms with Gasteiger partial charge in [-0.15, -0.1) is 11.3 Å². The highest BCUT2D eigenvalue weighted by molar-refractivity contribution is 7.10. The maximum absolute atomic E-state index is 13.3. The average Bonchev–Trinajstić information content (AvgIpc) is 3.13. The third-order valence-corrected chi connectivity index (χ3v) is 5.04. The summed E-state index contributed by atoms with van der Waals surface area (Å²) in [5.41, 5.74) is 0.822. The second-order valence-corrected chi connectivity index (χ2v) is 7.73. The van der Waals surface area contributed by atoms with Crippen molar-refractivity contribution in [1.29, 1.82) is 0 Å². The Morgan fingerprint density at radius 2 is 1.70 bits per heavy atom. The molecule has 0 saturated carbocycles. The summed E-state index contributed by atoms with van der Waals surface area (Å²) in [5.74, 6) is -0.525. The first-order chi connectivity index (χ1) is 12.9. The Kier molecular flexibility index (Phi) is 7.94. The molecule has 1 aromatic heterocycles. The molecule has 0 aliphatic carbocycles. The van der Waals surface area contributed by atoms with Crippen molar-refractivity contribution in [2.75, 3.05) is 19.6 Å². The van der Waals surface area contributed by atoms with Crippen molar-refractivity contribution in [2.45, 2.75) is 32.9 Å². The number of carbonyl (C=O) groups is 2. The summed E-state index contributed by atoms with van der Waals surface area (Å²) in [6.45, 7) is 6.88. The Labute approximate surface area is 163 Å². The SMILES string of the molecule is CC[NH+](CC(=O)NC(C)C)CC(=O)N[C@@H](c1ccc(F)cc1)c1cccs1. The quantitative estimate of drug-likeness (QED) is 0.606. The Morgan fingerprint density at radius 3 is 2.22 bits per heavy atom. The molecule has 5 nitrogen and oxygen atoms in total. The zero-order valence-electron chi connectivity index (χ0n) is 15.9. The highest BCUT2D eigenvalue weighted by Crippen LogP contribution is 2.26. The molecule has 1 aromatic carbocycles. The number of nitrogens with one attached hydrogen (secondary N) is 3.